The first-order chi connectivity index (χ1) is 18.8. The molecule has 1 aliphatic heterocycles. The van der Waals surface area contributed by atoms with Crippen LogP contribution in [0.2, 0.25) is 0 Å². The molecule has 0 saturated carbocycles. The Kier molecular flexibility index (Phi) is 5.29. The molecule has 38 heavy (non-hydrogen) atoms. The van der Waals surface area contributed by atoms with E-state index in [1.807, 2.05) is 107 Å². The Morgan fingerprint density at radius 3 is 1.95 bits per heavy atom. The van der Waals surface area contributed by atoms with Gasteiger partial charge in [0, 0.05) is 0 Å². The van der Waals surface area contributed by atoms with E-state index in [-0.39, 0.29) is 11.7 Å². The van der Waals surface area contributed by atoms with Gasteiger partial charge in [0.15, 0.2) is 5.78 Å². The van der Waals surface area contributed by atoms with Crippen LogP contribution in [0, 0.1) is 0 Å². The zero-order valence-electron chi connectivity index (χ0n) is 20.8. The van der Waals surface area contributed by atoms with Crippen LogP contribution in [0.5, 0.6) is 0 Å². The van der Waals surface area contributed by atoms with Crippen molar-refractivity contribution < 1.29 is 4.79 Å². The first-order valence-corrected chi connectivity index (χ1v) is 13.0. The van der Waals surface area contributed by atoms with E-state index in [0.717, 1.165) is 33.9 Å². The Balaban J connectivity index is 1.45. The fourth-order valence-corrected chi connectivity index (χ4v) is 6.10. The molecule has 4 aromatic carbocycles. The standard InChI is InChI=1S/C33H26N4O/c38-32-28-23-34-36(26-17-9-3-10-18-26)29(28)21-22-33(32)30(24-13-5-1-6-14-24)31(25-15-7-2-8-16-25)35-37(33)27-19-11-4-12-20-27/h1-20,23,30H,21-22H2. The Bertz CT molecular complexity index is 1630. The third-order valence-electron chi connectivity index (χ3n) is 7.79. The average Bonchev–Trinajstić information content (AvgIpc) is 3.58. The van der Waals surface area contributed by atoms with E-state index < -0.39 is 5.54 Å². The Labute approximate surface area is 221 Å². The number of anilines is 1. The summed E-state index contributed by atoms with van der Waals surface area (Å²) in [6.45, 7) is 0. The quantitative estimate of drug-likeness (QED) is 0.289. The number of ketones is 1. The minimum Gasteiger partial charge on any atom is -0.291 e. The van der Waals surface area contributed by atoms with Gasteiger partial charge in [-0.3, -0.25) is 9.80 Å². The van der Waals surface area contributed by atoms with Crippen molar-refractivity contribution in [1.29, 1.82) is 0 Å². The largest absolute Gasteiger partial charge is 0.291 e. The van der Waals surface area contributed by atoms with E-state index in [1.54, 1.807) is 6.20 Å². The van der Waals surface area contributed by atoms with E-state index in [9.17, 15) is 4.79 Å². The first kappa shape index (κ1) is 22.4. The van der Waals surface area contributed by atoms with Gasteiger partial charge in [-0.25, -0.2) is 4.68 Å². The van der Waals surface area contributed by atoms with Gasteiger partial charge in [0.25, 0.3) is 0 Å². The molecule has 5 heteroatoms. The summed E-state index contributed by atoms with van der Waals surface area (Å²) in [7, 11) is 0. The fourth-order valence-electron chi connectivity index (χ4n) is 6.10. The molecule has 2 atom stereocenters. The van der Waals surface area contributed by atoms with Crippen molar-refractivity contribution in [2.45, 2.75) is 24.3 Å². The number of fused-ring (bicyclic) bond motifs is 1. The molecule has 1 aliphatic carbocycles. The van der Waals surface area contributed by atoms with Gasteiger partial charge in [0.1, 0.15) is 5.54 Å². The number of hydrogen-bond acceptors (Lipinski definition) is 4. The Morgan fingerprint density at radius 2 is 1.29 bits per heavy atom. The maximum atomic E-state index is 14.9. The summed E-state index contributed by atoms with van der Waals surface area (Å²) in [6.07, 6.45) is 3.07. The zero-order valence-corrected chi connectivity index (χ0v) is 20.8. The second-order valence-corrected chi connectivity index (χ2v) is 9.85. The third-order valence-corrected chi connectivity index (χ3v) is 7.79. The van der Waals surface area contributed by atoms with Crippen molar-refractivity contribution in [1.82, 2.24) is 9.78 Å². The highest BCUT2D eigenvalue weighted by molar-refractivity contribution is 6.18. The van der Waals surface area contributed by atoms with Gasteiger partial charge >= 0.3 is 0 Å². The van der Waals surface area contributed by atoms with Gasteiger partial charge in [-0.1, -0.05) is 97.1 Å². The monoisotopic (exact) mass is 494 g/mol. The smallest absolute Gasteiger partial charge is 0.194 e. The van der Waals surface area contributed by atoms with Crippen LogP contribution in [0.15, 0.2) is 133 Å². The maximum Gasteiger partial charge on any atom is 0.194 e. The van der Waals surface area contributed by atoms with Crippen molar-refractivity contribution in [3.63, 3.8) is 0 Å². The summed E-state index contributed by atoms with van der Waals surface area (Å²) in [5, 5.41) is 11.9. The van der Waals surface area contributed by atoms with Gasteiger partial charge in [-0.15, -0.1) is 0 Å². The molecule has 0 N–H and O–H groups in total. The molecule has 1 aromatic heterocycles. The van der Waals surface area contributed by atoms with Gasteiger partial charge < -0.3 is 0 Å². The van der Waals surface area contributed by atoms with Crippen molar-refractivity contribution in [2.75, 3.05) is 5.01 Å². The topological polar surface area (TPSA) is 50.5 Å². The van der Waals surface area contributed by atoms with Gasteiger partial charge in [0.05, 0.1) is 40.5 Å². The molecule has 5 aromatic rings. The molecule has 184 valence electrons. The van der Waals surface area contributed by atoms with Crippen molar-refractivity contribution in [3.8, 4) is 5.69 Å². The highest BCUT2D eigenvalue weighted by Crippen LogP contribution is 2.51. The van der Waals surface area contributed by atoms with Crippen LogP contribution in [0.4, 0.5) is 5.69 Å². The molecule has 2 heterocycles. The number of carbonyl (C=O) groups is 1. The van der Waals surface area contributed by atoms with Crippen LogP contribution in [0.25, 0.3) is 5.69 Å². The molecular weight excluding hydrogens is 468 g/mol. The maximum absolute atomic E-state index is 14.9. The number of carbonyl (C=O) groups excluding carboxylic acids is 1. The average molecular weight is 495 g/mol. The van der Waals surface area contributed by atoms with Crippen LogP contribution in [0.3, 0.4) is 0 Å². The lowest BCUT2D eigenvalue weighted by atomic mass is 9.66. The summed E-state index contributed by atoms with van der Waals surface area (Å²) < 4.78 is 1.92. The third kappa shape index (κ3) is 3.36. The minimum absolute atomic E-state index is 0.0633. The van der Waals surface area contributed by atoms with Gasteiger partial charge in [-0.05, 0) is 48.2 Å². The lowest BCUT2D eigenvalue weighted by Gasteiger charge is -2.43. The molecule has 0 saturated heterocycles. The number of hydrogen-bond donors (Lipinski definition) is 0. The van der Waals surface area contributed by atoms with E-state index in [0.29, 0.717) is 18.4 Å². The molecule has 2 aliphatic rings. The van der Waals surface area contributed by atoms with Gasteiger partial charge in [-0.2, -0.15) is 10.2 Å². The first-order valence-electron chi connectivity index (χ1n) is 13.0. The SMILES string of the molecule is O=C1c2cnn(-c3ccccc3)c2CCC12C(c1ccccc1)C(c1ccccc1)=NN2c1ccccc1. The summed E-state index contributed by atoms with van der Waals surface area (Å²) in [6, 6.07) is 40.7. The minimum atomic E-state index is -0.911. The van der Waals surface area contributed by atoms with E-state index >= 15 is 0 Å². The number of benzene rings is 4. The summed E-state index contributed by atoms with van der Waals surface area (Å²) in [5.74, 6) is -0.180. The molecule has 0 radical (unpaired) electrons. The lowest BCUT2D eigenvalue weighted by molar-refractivity contribution is 0.0855. The molecular formula is C33H26N4O. The van der Waals surface area contributed by atoms with Crippen LogP contribution < -0.4 is 5.01 Å². The van der Waals surface area contributed by atoms with Crippen molar-refractivity contribution in [3.05, 3.63) is 150 Å². The van der Waals surface area contributed by atoms with E-state index in [1.165, 1.54) is 0 Å². The molecule has 2 unspecified atom stereocenters. The Morgan fingerprint density at radius 1 is 0.711 bits per heavy atom. The zero-order chi connectivity index (χ0) is 25.5. The number of Topliss-reactive ketones (excluding diaryl/α,β-unsaturated/α-hetero) is 1. The molecule has 0 fully saturated rings. The van der Waals surface area contributed by atoms with Crippen LogP contribution >= 0.6 is 0 Å². The number of aromatic nitrogens is 2. The van der Waals surface area contributed by atoms with Crippen molar-refractivity contribution >= 4 is 17.2 Å². The highest BCUT2D eigenvalue weighted by atomic mass is 16.1. The van der Waals surface area contributed by atoms with Gasteiger partial charge in [0.2, 0.25) is 0 Å². The van der Waals surface area contributed by atoms with Crippen LogP contribution in [-0.2, 0) is 6.42 Å². The Hall–Kier alpha value is -4.77. The van der Waals surface area contributed by atoms with Crippen LogP contribution in [-0.4, -0.2) is 26.8 Å². The summed E-state index contributed by atoms with van der Waals surface area (Å²) in [5.41, 5.74) is 5.61. The predicted molar refractivity (Wildman–Crippen MR) is 150 cm³/mol. The molecule has 0 amide bonds. The fraction of sp³-hybridized carbons (Fsp3) is 0.121. The number of para-hydroxylation sites is 2. The van der Waals surface area contributed by atoms with E-state index in [4.69, 9.17) is 5.10 Å². The number of hydrazone groups is 1. The molecule has 1 spiro atoms. The predicted octanol–water partition coefficient (Wildman–Crippen LogP) is 6.45. The van der Waals surface area contributed by atoms with Crippen molar-refractivity contribution in [2.24, 2.45) is 5.10 Å². The van der Waals surface area contributed by atoms with Crippen LogP contribution in [0.1, 0.15) is 39.5 Å². The molecule has 7 rings (SSSR count). The number of nitrogens with zero attached hydrogens (tertiary/aromatic N) is 4. The van der Waals surface area contributed by atoms with E-state index in [2.05, 4.69) is 29.4 Å². The summed E-state index contributed by atoms with van der Waals surface area (Å²) in [4.78, 5) is 14.9. The second-order valence-electron chi connectivity index (χ2n) is 9.85. The highest BCUT2D eigenvalue weighted by Gasteiger charge is 2.59. The molecule has 5 nitrogen and oxygen atoms in total. The second kappa shape index (κ2) is 8.96. The lowest BCUT2D eigenvalue weighted by Crippen LogP contribution is -2.56. The molecule has 0 bridgehead atoms. The normalized spacial score (nSPS) is 20.4. The number of rotatable bonds is 4. The summed E-state index contributed by atoms with van der Waals surface area (Å²) >= 11 is 0.